The van der Waals surface area contributed by atoms with Crippen LogP contribution in [0.3, 0.4) is 0 Å². The summed E-state index contributed by atoms with van der Waals surface area (Å²) in [5.41, 5.74) is 8.54. The Hall–Kier alpha value is -3.09. The number of hydrogen-bond donors (Lipinski definition) is 2. The number of urea groups is 1. The van der Waals surface area contributed by atoms with Gasteiger partial charge < -0.3 is 10.8 Å². The monoisotopic (exact) mass is 325 g/mol. The molecule has 7 nitrogen and oxygen atoms in total. The number of carbonyl (C=O) groups excluding carboxylic acids is 1. The van der Waals surface area contributed by atoms with Gasteiger partial charge in [-0.1, -0.05) is 19.1 Å². The van der Waals surface area contributed by atoms with E-state index < -0.39 is 6.03 Å². The molecule has 3 aromatic rings. The van der Waals surface area contributed by atoms with E-state index in [2.05, 4.69) is 10.2 Å². The van der Waals surface area contributed by atoms with Gasteiger partial charge in [-0.2, -0.15) is 0 Å². The van der Waals surface area contributed by atoms with Crippen LogP contribution >= 0.6 is 0 Å². The first kappa shape index (κ1) is 15.8. The fraction of sp³-hybridized carbons (Fsp3) is 0.235. The maximum atomic E-state index is 11.7. The van der Waals surface area contributed by atoms with E-state index in [4.69, 9.17) is 5.73 Å². The summed E-state index contributed by atoms with van der Waals surface area (Å²) in [6.45, 7) is 4.23. The van der Waals surface area contributed by atoms with Gasteiger partial charge in [0.25, 0.3) is 0 Å². The number of hydrogen-bond acceptors (Lipinski definition) is 4. The Morgan fingerprint density at radius 1 is 1.25 bits per heavy atom. The van der Waals surface area contributed by atoms with E-state index >= 15 is 0 Å². The molecule has 0 unspecified atom stereocenters. The van der Waals surface area contributed by atoms with Crippen molar-refractivity contribution in [3.05, 3.63) is 42.0 Å². The number of benzene rings is 2. The van der Waals surface area contributed by atoms with Gasteiger partial charge in [-0.3, -0.25) is 4.90 Å². The van der Waals surface area contributed by atoms with E-state index in [0.29, 0.717) is 17.9 Å². The summed E-state index contributed by atoms with van der Waals surface area (Å²) >= 11 is 0. The van der Waals surface area contributed by atoms with E-state index in [1.165, 1.54) is 9.70 Å². The first-order valence-electron chi connectivity index (χ1n) is 7.74. The molecule has 24 heavy (non-hydrogen) atoms. The van der Waals surface area contributed by atoms with Crippen molar-refractivity contribution < 1.29 is 9.90 Å². The Morgan fingerprint density at radius 3 is 2.42 bits per heavy atom. The lowest BCUT2D eigenvalue weighted by Gasteiger charge is -2.22. The smallest absolute Gasteiger partial charge is 0.319 e. The molecule has 0 saturated carbocycles. The highest BCUT2D eigenvalue weighted by Gasteiger charge is 2.20. The van der Waals surface area contributed by atoms with Crippen LogP contribution in [0.4, 0.5) is 10.5 Å². The molecular weight excluding hydrogens is 306 g/mol. The summed E-state index contributed by atoms with van der Waals surface area (Å²) in [4.78, 5) is 14.5. The largest absolute Gasteiger partial charge is 0.504 e. The molecule has 2 aromatic carbocycles. The van der Waals surface area contributed by atoms with Gasteiger partial charge in [0.05, 0.1) is 5.69 Å². The summed E-state index contributed by atoms with van der Waals surface area (Å²) in [6.07, 6.45) is 0.718. The third-order valence-corrected chi connectivity index (χ3v) is 3.72. The highest BCUT2D eigenvalue weighted by Crippen LogP contribution is 2.35. The second-order valence-corrected chi connectivity index (χ2v) is 5.62. The van der Waals surface area contributed by atoms with Crippen LogP contribution in [0.1, 0.15) is 18.9 Å². The standard InChI is InChI=1S/C17H19N5O2/c1-3-8-21(17(18)24)14-9-11(2)10-15(16(14)23)22-19-12-6-4-5-7-13(12)20-22/h4-7,9-10,23H,3,8H2,1-2H3,(H2,18,24). The van der Waals surface area contributed by atoms with Crippen LogP contribution in [0.5, 0.6) is 5.75 Å². The number of anilines is 1. The van der Waals surface area contributed by atoms with E-state index in [1.54, 1.807) is 12.1 Å². The molecule has 0 atom stereocenters. The molecule has 1 heterocycles. The number of nitrogens with two attached hydrogens (primary N) is 1. The molecule has 3 N–H and O–H groups in total. The number of aryl methyl sites for hydroxylation is 1. The first-order valence-corrected chi connectivity index (χ1v) is 7.74. The highest BCUT2D eigenvalue weighted by atomic mass is 16.3. The second-order valence-electron chi connectivity index (χ2n) is 5.62. The molecule has 124 valence electrons. The maximum absolute atomic E-state index is 11.7. The van der Waals surface area contributed by atoms with E-state index in [0.717, 1.165) is 23.0 Å². The summed E-state index contributed by atoms with van der Waals surface area (Å²) in [5.74, 6) is -0.0758. The van der Waals surface area contributed by atoms with Crippen molar-refractivity contribution in [3.8, 4) is 11.4 Å². The third-order valence-electron chi connectivity index (χ3n) is 3.72. The average Bonchev–Trinajstić information content (AvgIpc) is 2.98. The minimum Gasteiger partial charge on any atom is -0.504 e. The number of nitrogens with zero attached hydrogens (tertiary/aromatic N) is 4. The first-order chi connectivity index (χ1) is 11.5. The zero-order valence-corrected chi connectivity index (χ0v) is 13.6. The minimum absolute atomic E-state index is 0.0758. The van der Waals surface area contributed by atoms with Crippen molar-refractivity contribution in [2.45, 2.75) is 20.3 Å². The Balaban J connectivity index is 2.16. The van der Waals surface area contributed by atoms with Crippen molar-refractivity contribution in [3.63, 3.8) is 0 Å². The molecule has 1 aromatic heterocycles. The predicted octanol–water partition coefficient (Wildman–Crippen LogP) is 2.73. The molecule has 0 aliphatic rings. The topological polar surface area (TPSA) is 97.3 Å². The number of aromatic nitrogens is 3. The van der Waals surface area contributed by atoms with Crippen LogP contribution in [0, 0.1) is 6.92 Å². The molecule has 0 aliphatic heterocycles. The van der Waals surface area contributed by atoms with Crippen LogP contribution < -0.4 is 10.6 Å². The lowest BCUT2D eigenvalue weighted by Crippen LogP contribution is -2.36. The Labute approximate surface area is 139 Å². The molecule has 0 saturated heterocycles. The Morgan fingerprint density at radius 2 is 1.88 bits per heavy atom. The normalized spacial score (nSPS) is 10.9. The third kappa shape index (κ3) is 2.76. The van der Waals surface area contributed by atoms with Gasteiger partial charge >= 0.3 is 6.03 Å². The minimum atomic E-state index is -0.609. The number of primary amides is 1. The van der Waals surface area contributed by atoms with Crippen molar-refractivity contribution >= 4 is 22.8 Å². The molecule has 3 rings (SSSR count). The van der Waals surface area contributed by atoms with Gasteiger partial charge in [0.15, 0.2) is 5.75 Å². The van der Waals surface area contributed by atoms with Gasteiger partial charge in [-0.25, -0.2) is 4.79 Å². The molecule has 0 bridgehead atoms. The zero-order chi connectivity index (χ0) is 17.3. The van der Waals surface area contributed by atoms with Crippen LogP contribution in [0.15, 0.2) is 36.4 Å². The van der Waals surface area contributed by atoms with Crippen molar-refractivity contribution in [1.29, 1.82) is 0 Å². The molecule has 2 amide bonds. The lowest BCUT2D eigenvalue weighted by molar-refractivity contribution is 0.253. The molecule has 0 spiro atoms. The number of aromatic hydroxyl groups is 1. The summed E-state index contributed by atoms with van der Waals surface area (Å²) in [5, 5.41) is 19.5. The van der Waals surface area contributed by atoms with Crippen LogP contribution in [0.25, 0.3) is 16.7 Å². The quantitative estimate of drug-likeness (QED) is 0.770. The number of amides is 2. The highest BCUT2D eigenvalue weighted by molar-refractivity contribution is 5.93. The van der Waals surface area contributed by atoms with Crippen LogP contribution in [0.2, 0.25) is 0 Å². The molecular formula is C17H19N5O2. The van der Waals surface area contributed by atoms with Crippen LogP contribution in [-0.2, 0) is 0 Å². The number of carbonyl (C=O) groups is 1. The summed E-state index contributed by atoms with van der Waals surface area (Å²) < 4.78 is 0. The van der Waals surface area contributed by atoms with E-state index in [1.807, 2.05) is 38.1 Å². The molecule has 0 fully saturated rings. The second kappa shape index (κ2) is 6.19. The Kier molecular flexibility index (Phi) is 4.07. The number of phenols is 1. The Bertz CT molecular complexity index is 870. The number of phenolic OH excluding ortho intramolecular Hbond substituents is 1. The van der Waals surface area contributed by atoms with Gasteiger partial charge in [0.1, 0.15) is 16.7 Å². The summed E-state index contributed by atoms with van der Waals surface area (Å²) in [7, 11) is 0. The van der Waals surface area contributed by atoms with Gasteiger partial charge in [0, 0.05) is 6.54 Å². The van der Waals surface area contributed by atoms with Crippen molar-refractivity contribution in [2.24, 2.45) is 5.73 Å². The van der Waals surface area contributed by atoms with Crippen molar-refractivity contribution in [2.75, 3.05) is 11.4 Å². The van der Waals surface area contributed by atoms with E-state index in [9.17, 15) is 9.90 Å². The van der Waals surface area contributed by atoms with Crippen molar-refractivity contribution in [1.82, 2.24) is 15.0 Å². The maximum Gasteiger partial charge on any atom is 0.319 e. The molecule has 0 aliphatic carbocycles. The average molecular weight is 325 g/mol. The van der Waals surface area contributed by atoms with E-state index in [-0.39, 0.29) is 5.75 Å². The SMILES string of the molecule is CCCN(C(N)=O)c1cc(C)cc(-n2nc3ccccc3n2)c1O. The fourth-order valence-corrected chi connectivity index (χ4v) is 2.64. The number of fused-ring (bicyclic) bond motifs is 1. The lowest BCUT2D eigenvalue weighted by atomic mass is 10.1. The molecule has 7 heteroatoms. The number of rotatable bonds is 4. The fourth-order valence-electron chi connectivity index (χ4n) is 2.64. The van der Waals surface area contributed by atoms with Crippen LogP contribution in [-0.4, -0.2) is 32.7 Å². The van der Waals surface area contributed by atoms with Gasteiger partial charge in [0.2, 0.25) is 0 Å². The zero-order valence-electron chi connectivity index (χ0n) is 13.6. The predicted molar refractivity (Wildman–Crippen MR) is 92.5 cm³/mol. The van der Waals surface area contributed by atoms with Gasteiger partial charge in [-0.05, 0) is 43.2 Å². The van der Waals surface area contributed by atoms with Gasteiger partial charge in [-0.15, -0.1) is 15.0 Å². The molecule has 0 radical (unpaired) electrons. The summed E-state index contributed by atoms with van der Waals surface area (Å²) in [6, 6.07) is 10.3.